The minimum absolute atomic E-state index is 0.00355. The van der Waals surface area contributed by atoms with Crippen molar-refractivity contribution >= 4 is 11.9 Å². The maximum Gasteiger partial charge on any atom is 0.303 e. The van der Waals surface area contributed by atoms with E-state index in [1.807, 2.05) is 0 Å². The van der Waals surface area contributed by atoms with Gasteiger partial charge in [0.1, 0.15) is 24.9 Å². The summed E-state index contributed by atoms with van der Waals surface area (Å²) in [6.07, 6.45) is -2.06. The van der Waals surface area contributed by atoms with Crippen LogP contribution in [0.3, 0.4) is 0 Å². The number of carbonyl (C=O) groups is 2. The van der Waals surface area contributed by atoms with Crippen molar-refractivity contribution in [1.82, 2.24) is 0 Å². The number of hydrogen-bond donors (Lipinski definition) is 0. The molecule has 0 aromatic carbocycles. The zero-order chi connectivity index (χ0) is 14.4. The van der Waals surface area contributed by atoms with Crippen molar-refractivity contribution in [2.45, 2.75) is 38.3 Å². The van der Waals surface area contributed by atoms with Crippen LogP contribution in [-0.2, 0) is 33.3 Å². The Kier molecular flexibility index (Phi) is 6.20. The lowest BCUT2D eigenvalue weighted by Crippen LogP contribution is -2.57. The molecule has 0 aromatic heterocycles. The molecule has 1 saturated heterocycles. The van der Waals surface area contributed by atoms with Gasteiger partial charge in [0.25, 0.3) is 0 Å². The summed E-state index contributed by atoms with van der Waals surface area (Å²) in [4.78, 5) is 22.0. The zero-order valence-electron chi connectivity index (χ0n) is 11.6. The van der Waals surface area contributed by atoms with Gasteiger partial charge in [0.15, 0.2) is 6.10 Å². The van der Waals surface area contributed by atoms with Gasteiger partial charge in [-0.05, 0) is 0 Å². The smallest absolute Gasteiger partial charge is 0.303 e. The van der Waals surface area contributed by atoms with E-state index in [0.717, 1.165) is 0 Å². The van der Waals surface area contributed by atoms with Crippen LogP contribution in [0.1, 0.15) is 13.8 Å². The fourth-order valence-electron chi connectivity index (χ4n) is 2.00. The first-order valence-electron chi connectivity index (χ1n) is 5.97. The first-order chi connectivity index (χ1) is 8.99. The van der Waals surface area contributed by atoms with Crippen LogP contribution in [0.2, 0.25) is 0 Å². The van der Waals surface area contributed by atoms with Crippen LogP contribution < -0.4 is 0 Å². The van der Waals surface area contributed by atoms with Crippen molar-refractivity contribution in [2.24, 2.45) is 0 Å². The molecule has 0 unspecified atom stereocenters. The molecule has 0 bridgehead atoms. The first-order valence-corrected chi connectivity index (χ1v) is 5.97. The molecule has 4 atom stereocenters. The molecule has 1 fully saturated rings. The number of esters is 2. The van der Waals surface area contributed by atoms with E-state index in [2.05, 4.69) is 0 Å². The highest BCUT2D eigenvalue weighted by atomic mass is 16.6. The van der Waals surface area contributed by atoms with Gasteiger partial charge in [0, 0.05) is 28.1 Å². The van der Waals surface area contributed by atoms with E-state index in [9.17, 15) is 9.59 Å². The van der Waals surface area contributed by atoms with Gasteiger partial charge in [-0.2, -0.15) is 0 Å². The lowest BCUT2D eigenvalue weighted by atomic mass is 10.00. The zero-order valence-corrected chi connectivity index (χ0v) is 11.6. The molecule has 1 rings (SSSR count). The maximum absolute atomic E-state index is 11.2. The minimum Gasteiger partial charge on any atom is -0.463 e. The van der Waals surface area contributed by atoms with Gasteiger partial charge < -0.3 is 23.7 Å². The number of ether oxygens (including phenoxy) is 5. The van der Waals surface area contributed by atoms with Crippen LogP contribution in [0.5, 0.6) is 0 Å². The number of rotatable bonds is 5. The summed E-state index contributed by atoms with van der Waals surface area (Å²) in [7, 11) is 3.03. The standard InChI is InChI=1S/C12H20O7/c1-7(13)17-6-10-12(19-8(2)14)11(16-4)9(15-3)5-18-10/h9-12H,5-6H2,1-4H3/t9-,10+,11-,12-/m1/s1. The lowest BCUT2D eigenvalue weighted by Gasteiger charge is -2.40. The highest BCUT2D eigenvalue weighted by Gasteiger charge is 2.43. The van der Waals surface area contributed by atoms with E-state index in [0.29, 0.717) is 0 Å². The quantitative estimate of drug-likeness (QED) is 0.649. The van der Waals surface area contributed by atoms with Gasteiger partial charge >= 0.3 is 11.9 Å². The van der Waals surface area contributed by atoms with E-state index in [4.69, 9.17) is 23.7 Å². The van der Waals surface area contributed by atoms with Crippen molar-refractivity contribution in [3.63, 3.8) is 0 Å². The summed E-state index contributed by atoms with van der Waals surface area (Å²) >= 11 is 0. The lowest BCUT2D eigenvalue weighted by molar-refractivity contribution is -0.225. The molecule has 0 spiro atoms. The van der Waals surface area contributed by atoms with Crippen molar-refractivity contribution < 1.29 is 33.3 Å². The van der Waals surface area contributed by atoms with Crippen molar-refractivity contribution in [1.29, 1.82) is 0 Å². The summed E-state index contributed by atoms with van der Waals surface area (Å²) in [5.74, 6) is -0.881. The molecule has 1 aliphatic rings. The van der Waals surface area contributed by atoms with E-state index < -0.39 is 30.3 Å². The second-order valence-electron chi connectivity index (χ2n) is 4.22. The van der Waals surface area contributed by atoms with E-state index in [1.54, 1.807) is 0 Å². The molecule has 1 aliphatic heterocycles. The molecule has 7 heteroatoms. The average Bonchev–Trinajstić information content (AvgIpc) is 2.35. The van der Waals surface area contributed by atoms with Crippen molar-refractivity contribution in [3.05, 3.63) is 0 Å². The predicted molar refractivity (Wildman–Crippen MR) is 63.5 cm³/mol. The SMILES string of the molecule is CO[C@H]1[C@H](OC(C)=O)[C@H](COC(C)=O)OC[C@H]1OC. The molecule has 1 heterocycles. The Labute approximate surface area is 112 Å². The summed E-state index contributed by atoms with van der Waals surface area (Å²) < 4.78 is 26.2. The molecule has 0 aromatic rings. The summed E-state index contributed by atoms with van der Waals surface area (Å²) in [5, 5.41) is 0. The predicted octanol–water partition coefficient (Wildman–Crippen LogP) is -0.0900. The van der Waals surface area contributed by atoms with Crippen LogP contribution in [0.4, 0.5) is 0 Å². The Bertz CT molecular complexity index is 317. The fraction of sp³-hybridized carbons (Fsp3) is 0.833. The Morgan fingerprint density at radius 1 is 1.11 bits per heavy atom. The molecular formula is C12H20O7. The second-order valence-corrected chi connectivity index (χ2v) is 4.22. The monoisotopic (exact) mass is 276 g/mol. The minimum atomic E-state index is -0.680. The largest absolute Gasteiger partial charge is 0.463 e. The highest BCUT2D eigenvalue weighted by Crippen LogP contribution is 2.23. The van der Waals surface area contributed by atoms with E-state index in [1.165, 1.54) is 28.1 Å². The molecule has 7 nitrogen and oxygen atoms in total. The Morgan fingerprint density at radius 2 is 1.79 bits per heavy atom. The van der Waals surface area contributed by atoms with Gasteiger partial charge in [0.2, 0.25) is 0 Å². The third-order valence-electron chi connectivity index (χ3n) is 2.86. The third-order valence-corrected chi connectivity index (χ3v) is 2.86. The molecule has 0 aliphatic carbocycles. The van der Waals surface area contributed by atoms with Gasteiger partial charge in [-0.25, -0.2) is 0 Å². The average molecular weight is 276 g/mol. The van der Waals surface area contributed by atoms with Crippen LogP contribution in [0, 0.1) is 0 Å². The van der Waals surface area contributed by atoms with Crippen LogP contribution in [-0.4, -0.2) is 63.8 Å². The molecular weight excluding hydrogens is 256 g/mol. The van der Waals surface area contributed by atoms with E-state index >= 15 is 0 Å². The Balaban J connectivity index is 2.77. The normalized spacial score (nSPS) is 30.7. The Morgan fingerprint density at radius 3 is 2.26 bits per heavy atom. The maximum atomic E-state index is 11.2. The topological polar surface area (TPSA) is 80.3 Å². The summed E-state index contributed by atoms with van der Waals surface area (Å²) in [5.41, 5.74) is 0. The Hall–Kier alpha value is -1.18. The number of hydrogen-bond acceptors (Lipinski definition) is 7. The molecule has 19 heavy (non-hydrogen) atoms. The van der Waals surface area contributed by atoms with Gasteiger partial charge in [-0.3, -0.25) is 9.59 Å². The summed E-state index contributed by atoms with van der Waals surface area (Å²) in [6.45, 7) is 2.88. The first kappa shape index (κ1) is 15.9. The molecule has 0 N–H and O–H groups in total. The summed E-state index contributed by atoms with van der Waals surface area (Å²) in [6, 6.07) is 0. The molecule has 0 saturated carbocycles. The number of carbonyl (C=O) groups excluding carboxylic acids is 2. The second kappa shape index (κ2) is 7.42. The molecule has 0 radical (unpaired) electrons. The highest BCUT2D eigenvalue weighted by molar-refractivity contribution is 5.66. The fourth-order valence-corrected chi connectivity index (χ4v) is 2.00. The number of methoxy groups -OCH3 is 2. The van der Waals surface area contributed by atoms with Crippen molar-refractivity contribution in [2.75, 3.05) is 27.4 Å². The van der Waals surface area contributed by atoms with Crippen molar-refractivity contribution in [3.8, 4) is 0 Å². The van der Waals surface area contributed by atoms with Crippen LogP contribution >= 0.6 is 0 Å². The van der Waals surface area contributed by atoms with Crippen LogP contribution in [0.25, 0.3) is 0 Å². The van der Waals surface area contributed by atoms with Crippen LogP contribution in [0.15, 0.2) is 0 Å². The third kappa shape index (κ3) is 4.45. The van der Waals surface area contributed by atoms with Gasteiger partial charge in [0.05, 0.1) is 6.61 Å². The van der Waals surface area contributed by atoms with Gasteiger partial charge in [-0.1, -0.05) is 0 Å². The van der Waals surface area contributed by atoms with E-state index in [-0.39, 0.29) is 19.3 Å². The molecule has 110 valence electrons. The van der Waals surface area contributed by atoms with Gasteiger partial charge in [-0.15, -0.1) is 0 Å². The molecule has 0 amide bonds.